The number of nitrogens with one attached hydrogen (secondary N) is 2. The average Bonchev–Trinajstić information content (AvgIpc) is 2.84. The third-order valence-corrected chi connectivity index (χ3v) is 3.78. The summed E-state index contributed by atoms with van der Waals surface area (Å²) in [4.78, 5) is 3.23. The van der Waals surface area contributed by atoms with Gasteiger partial charge in [-0.05, 0) is 42.8 Å². The molecule has 0 spiro atoms. The molecule has 0 aliphatic carbocycles. The Morgan fingerprint density at radius 3 is 2.89 bits per heavy atom. The summed E-state index contributed by atoms with van der Waals surface area (Å²) in [5.74, 6) is 0. The van der Waals surface area contributed by atoms with E-state index in [4.69, 9.17) is 5.11 Å². The molecule has 3 N–H and O–H groups in total. The Morgan fingerprint density at radius 1 is 1.33 bits per heavy atom. The molecule has 3 heteroatoms. The van der Waals surface area contributed by atoms with Gasteiger partial charge in [-0.25, -0.2) is 0 Å². The lowest BCUT2D eigenvalue weighted by atomic mass is 9.94. The molecule has 0 fully saturated rings. The molecule has 1 aromatic heterocycles. The zero-order valence-electron chi connectivity index (χ0n) is 11.2. The van der Waals surface area contributed by atoms with Gasteiger partial charge in [0.1, 0.15) is 0 Å². The maximum absolute atomic E-state index is 9.10. The fourth-order valence-corrected chi connectivity index (χ4v) is 2.16. The summed E-state index contributed by atoms with van der Waals surface area (Å²) in [5.41, 5.74) is 2.46. The molecule has 1 aromatic carbocycles. The monoisotopic (exact) mass is 246 g/mol. The first kappa shape index (κ1) is 13.1. The molecule has 2 aromatic rings. The number of aliphatic hydroxyl groups is 1. The number of rotatable bonds is 6. The summed E-state index contributed by atoms with van der Waals surface area (Å²) in [6.07, 6.45) is 3.76. The smallest absolute Gasteiger partial charge is 0.0457 e. The topological polar surface area (TPSA) is 48.0 Å². The van der Waals surface area contributed by atoms with Crippen molar-refractivity contribution in [1.29, 1.82) is 0 Å². The molecule has 0 saturated carbocycles. The zero-order valence-corrected chi connectivity index (χ0v) is 11.2. The molecule has 1 unspecified atom stereocenters. The minimum absolute atomic E-state index is 0.0133. The second kappa shape index (κ2) is 5.55. The van der Waals surface area contributed by atoms with Crippen molar-refractivity contribution in [2.45, 2.75) is 38.8 Å². The summed E-state index contributed by atoms with van der Waals surface area (Å²) in [7, 11) is 0. The molecule has 0 aliphatic heterocycles. The van der Waals surface area contributed by atoms with Gasteiger partial charge in [0, 0.05) is 30.4 Å². The molecule has 0 radical (unpaired) electrons. The number of fused-ring (bicyclic) bond motifs is 1. The number of aromatic nitrogens is 1. The van der Waals surface area contributed by atoms with Crippen molar-refractivity contribution < 1.29 is 5.11 Å². The highest BCUT2D eigenvalue weighted by Gasteiger charge is 2.20. The van der Waals surface area contributed by atoms with Gasteiger partial charge in [-0.2, -0.15) is 0 Å². The van der Waals surface area contributed by atoms with Crippen molar-refractivity contribution in [2.24, 2.45) is 0 Å². The highest BCUT2D eigenvalue weighted by atomic mass is 16.3. The standard InChI is InChI=1S/C15H22N2O/c1-3-15(2,7-9-18)17-11-12-4-5-13-6-8-16-14(13)10-12/h4-6,8,10,16-18H,3,7,9,11H2,1-2H3. The second-order valence-electron chi connectivity index (χ2n) is 5.14. The maximum Gasteiger partial charge on any atom is 0.0457 e. The molecular formula is C15H22N2O. The first-order chi connectivity index (χ1) is 8.67. The number of aromatic amines is 1. The largest absolute Gasteiger partial charge is 0.396 e. The Kier molecular flexibility index (Phi) is 4.04. The van der Waals surface area contributed by atoms with Gasteiger partial charge >= 0.3 is 0 Å². The number of hydrogen-bond acceptors (Lipinski definition) is 2. The van der Waals surface area contributed by atoms with E-state index in [2.05, 4.69) is 48.4 Å². The van der Waals surface area contributed by atoms with Crippen LogP contribution in [0.4, 0.5) is 0 Å². The zero-order chi connectivity index (χ0) is 13.0. The van der Waals surface area contributed by atoms with Crippen LogP contribution >= 0.6 is 0 Å². The van der Waals surface area contributed by atoms with Crippen LogP contribution in [-0.4, -0.2) is 22.2 Å². The van der Waals surface area contributed by atoms with E-state index in [-0.39, 0.29) is 12.1 Å². The Labute approximate surface area is 108 Å². The minimum Gasteiger partial charge on any atom is -0.396 e. The van der Waals surface area contributed by atoms with E-state index < -0.39 is 0 Å². The van der Waals surface area contributed by atoms with E-state index in [1.165, 1.54) is 16.5 Å². The van der Waals surface area contributed by atoms with Crippen LogP contribution in [0.1, 0.15) is 32.3 Å². The van der Waals surface area contributed by atoms with Gasteiger partial charge < -0.3 is 15.4 Å². The van der Waals surface area contributed by atoms with Gasteiger partial charge in [-0.1, -0.05) is 19.1 Å². The van der Waals surface area contributed by atoms with Crippen LogP contribution in [0.3, 0.4) is 0 Å². The molecule has 0 aliphatic rings. The minimum atomic E-state index is 0.0133. The van der Waals surface area contributed by atoms with Gasteiger partial charge in [-0.15, -0.1) is 0 Å². The van der Waals surface area contributed by atoms with Crippen LogP contribution in [-0.2, 0) is 6.54 Å². The van der Waals surface area contributed by atoms with Crippen molar-refractivity contribution in [3.05, 3.63) is 36.0 Å². The second-order valence-corrected chi connectivity index (χ2v) is 5.14. The third kappa shape index (κ3) is 2.92. The van der Waals surface area contributed by atoms with Gasteiger partial charge in [0.25, 0.3) is 0 Å². The normalized spacial score (nSPS) is 14.8. The Morgan fingerprint density at radius 2 is 2.17 bits per heavy atom. The lowest BCUT2D eigenvalue weighted by molar-refractivity contribution is 0.214. The summed E-state index contributed by atoms with van der Waals surface area (Å²) in [6, 6.07) is 8.54. The van der Waals surface area contributed by atoms with Crippen LogP contribution < -0.4 is 5.32 Å². The molecule has 0 amide bonds. The van der Waals surface area contributed by atoms with Crippen LogP contribution in [0.15, 0.2) is 30.5 Å². The summed E-state index contributed by atoms with van der Waals surface area (Å²) in [5, 5.41) is 13.9. The van der Waals surface area contributed by atoms with Crippen molar-refractivity contribution in [2.75, 3.05) is 6.61 Å². The molecule has 0 bridgehead atoms. The van der Waals surface area contributed by atoms with Crippen molar-refractivity contribution in [3.63, 3.8) is 0 Å². The lowest BCUT2D eigenvalue weighted by Crippen LogP contribution is -2.42. The molecule has 1 heterocycles. The van der Waals surface area contributed by atoms with Gasteiger partial charge in [0.15, 0.2) is 0 Å². The predicted molar refractivity (Wildman–Crippen MR) is 75.5 cm³/mol. The van der Waals surface area contributed by atoms with Gasteiger partial charge in [0.2, 0.25) is 0 Å². The van der Waals surface area contributed by atoms with Crippen molar-refractivity contribution >= 4 is 10.9 Å². The molecule has 1 atom stereocenters. The average molecular weight is 246 g/mol. The summed E-state index contributed by atoms with van der Waals surface area (Å²) in [6.45, 7) is 5.37. The summed E-state index contributed by atoms with van der Waals surface area (Å²) >= 11 is 0. The molecule has 0 saturated heterocycles. The first-order valence-corrected chi connectivity index (χ1v) is 6.59. The van der Waals surface area contributed by atoms with Crippen molar-refractivity contribution in [3.8, 4) is 0 Å². The number of H-pyrrole nitrogens is 1. The van der Waals surface area contributed by atoms with Gasteiger partial charge in [0.05, 0.1) is 0 Å². The van der Waals surface area contributed by atoms with E-state index in [0.29, 0.717) is 0 Å². The third-order valence-electron chi connectivity index (χ3n) is 3.78. The van der Waals surface area contributed by atoms with Crippen molar-refractivity contribution in [1.82, 2.24) is 10.3 Å². The van der Waals surface area contributed by atoms with E-state index in [1.54, 1.807) is 0 Å². The van der Waals surface area contributed by atoms with Crippen LogP contribution in [0.2, 0.25) is 0 Å². The number of hydrogen-bond donors (Lipinski definition) is 3. The predicted octanol–water partition coefficient (Wildman–Crippen LogP) is 2.81. The number of benzene rings is 1. The Hall–Kier alpha value is -1.32. The van der Waals surface area contributed by atoms with Crippen LogP contribution in [0, 0.1) is 0 Å². The molecule has 3 nitrogen and oxygen atoms in total. The van der Waals surface area contributed by atoms with Crippen LogP contribution in [0.5, 0.6) is 0 Å². The SMILES string of the molecule is CCC(C)(CCO)NCc1ccc2cc[nH]c2c1. The Bertz CT molecular complexity index is 506. The van der Waals surface area contributed by atoms with Crippen LogP contribution in [0.25, 0.3) is 10.9 Å². The molecule has 98 valence electrons. The highest BCUT2D eigenvalue weighted by Crippen LogP contribution is 2.17. The molecular weight excluding hydrogens is 224 g/mol. The first-order valence-electron chi connectivity index (χ1n) is 6.59. The Balaban J connectivity index is 2.04. The molecule has 2 rings (SSSR count). The fraction of sp³-hybridized carbons (Fsp3) is 0.467. The quantitative estimate of drug-likeness (QED) is 0.734. The van der Waals surface area contributed by atoms with E-state index in [1.807, 2.05) is 6.20 Å². The van der Waals surface area contributed by atoms with Gasteiger partial charge in [-0.3, -0.25) is 0 Å². The van der Waals surface area contributed by atoms with E-state index >= 15 is 0 Å². The maximum atomic E-state index is 9.10. The van der Waals surface area contributed by atoms with E-state index in [0.717, 1.165) is 19.4 Å². The summed E-state index contributed by atoms with van der Waals surface area (Å²) < 4.78 is 0. The fourth-order valence-electron chi connectivity index (χ4n) is 2.16. The lowest BCUT2D eigenvalue weighted by Gasteiger charge is -2.29. The van der Waals surface area contributed by atoms with E-state index in [9.17, 15) is 0 Å². The number of aliphatic hydroxyl groups excluding tert-OH is 1. The highest BCUT2D eigenvalue weighted by molar-refractivity contribution is 5.79. The molecule has 18 heavy (non-hydrogen) atoms.